The smallest absolute Gasteiger partial charge is 0.143 e. The van der Waals surface area contributed by atoms with Crippen LogP contribution in [0.15, 0.2) is 184 Å². The molecule has 3 nitrogen and oxygen atoms in total. The van der Waals surface area contributed by atoms with E-state index in [1.165, 1.54) is 66.6 Å². The van der Waals surface area contributed by atoms with Gasteiger partial charge in [0.25, 0.3) is 0 Å². The van der Waals surface area contributed by atoms with Gasteiger partial charge in [-0.25, -0.2) is 0 Å². The Kier molecular flexibility index (Phi) is 6.23. The highest BCUT2D eigenvalue weighted by Gasteiger charge is 2.42. The average molecular weight is 705 g/mol. The molecule has 0 saturated carbocycles. The molecule has 7 aromatic carbocycles. The number of hydrogen-bond donors (Lipinski definition) is 1. The van der Waals surface area contributed by atoms with Crippen molar-refractivity contribution in [1.29, 1.82) is 0 Å². The maximum Gasteiger partial charge on any atom is 0.143 e. The number of nitrogens with one attached hydrogen (secondary N) is 1. The number of aliphatic imine (C=N–C) groups is 1. The molecule has 0 fully saturated rings. The fourth-order valence-electron chi connectivity index (χ4n) is 10.0. The van der Waals surface area contributed by atoms with Crippen LogP contribution >= 0.6 is 0 Å². The fourth-order valence-corrected chi connectivity index (χ4v) is 10.0. The molecular weight excluding hydrogens is 669 g/mol. The molecule has 1 aromatic heterocycles. The zero-order valence-corrected chi connectivity index (χ0v) is 30.6. The lowest BCUT2D eigenvalue weighted by Crippen LogP contribution is -2.40. The number of nitrogens with zero attached hydrogens (tertiary/aromatic N) is 1. The Hall–Kier alpha value is -6.71. The van der Waals surface area contributed by atoms with Crippen molar-refractivity contribution >= 4 is 44.2 Å². The second-order valence-corrected chi connectivity index (χ2v) is 15.9. The van der Waals surface area contributed by atoms with Crippen molar-refractivity contribution < 1.29 is 4.42 Å². The minimum atomic E-state index is -0.0997. The first-order valence-electron chi connectivity index (χ1n) is 19.3. The van der Waals surface area contributed by atoms with E-state index in [0.29, 0.717) is 0 Å². The molecule has 55 heavy (non-hydrogen) atoms. The Bertz CT molecular complexity index is 3110. The molecule has 2 atom stereocenters. The molecule has 8 aromatic rings. The number of allylic oxidation sites excluding steroid dienone is 2. The number of benzene rings is 7. The summed E-state index contributed by atoms with van der Waals surface area (Å²) in [5, 5.41) is 8.72. The third-order valence-electron chi connectivity index (χ3n) is 12.6. The van der Waals surface area contributed by atoms with Crippen molar-refractivity contribution in [2.24, 2.45) is 4.99 Å². The van der Waals surface area contributed by atoms with Crippen molar-refractivity contribution in [3.63, 3.8) is 0 Å². The van der Waals surface area contributed by atoms with Crippen molar-refractivity contribution in [2.75, 3.05) is 0 Å². The zero-order valence-electron chi connectivity index (χ0n) is 30.6. The lowest BCUT2D eigenvalue weighted by Gasteiger charge is -2.43. The van der Waals surface area contributed by atoms with Crippen LogP contribution in [0.25, 0.3) is 60.7 Å². The molecule has 0 amide bonds. The summed E-state index contributed by atoms with van der Waals surface area (Å²) in [7, 11) is 0. The van der Waals surface area contributed by atoms with Gasteiger partial charge in [0.05, 0.1) is 11.7 Å². The van der Waals surface area contributed by atoms with Crippen LogP contribution < -0.4 is 5.32 Å². The molecule has 12 rings (SSSR count). The van der Waals surface area contributed by atoms with E-state index in [9.17, 15) is 0 Å². The van der Waals surface area contributed by atoms with E-state index in [1.807, 2.05) is 6.07 Å². The molecule has 3 heteroatoms. The molecule has 0 radical (unpaired) electrons. The Balaban J connectivity index is 1.00. The maximum atomic E-state index is 6.51. The summed E-state index contributed by atoms with van der Waals surface area (Å²) >= 11 is 0. The first-order valence-corrected chi connectivity index (χ1v) is 19.3. The van der Waals surface area contributed by atoms with E-state index in [1.54, 1.807) is 0 Å². The predicted molar refractivity (Wildman–Crippen MR) is 227 cm³/mol. The first-order chi connectivity index (χ1) is 27.0. The summed E-state index contributed by atoms with van der Waals surface area (Å²) in [5.74, 6) is 0.975. The lowest BCUT2D eigenvalue weighted by molar-refractivity contribution is 0.605. The molecule has 3 aliphatic carbocycles. The maximum absolute atomic E-state index is 6.51. The van der Waals surface area contributed by atoms with Gasteiger partial charge in [-0.3, -0.25) is 4.99 Å². The third kappa shape index (κ3) is 4.29. The van der Waals surface area contributed by atoms with E-state index in [2.05, 4.69) is 177 Å². The summed E-state index contributed by atoms with van der Waals surface area (Å²) < 4.78 is 6.51. The van der Waals surface area contributed by atoms with Crippen molar-refractivity contribution in [1.82, 2.24) is 5.32 Å². The van der Waals surface area contributed by atoms with Crippen LogP contribution in [0.2, 0.25) is 0 Å². The number of fused-ring (bicyclic) bond motifs is 10. The highest BCUT2D eigenvalue weighted by atomic mass is 16.3. The van der Waals surface area contributed by atoms with Crippen molar-refractivity contribution in [2.45, 2.75) is 31.2 Å². The summed E-state index contributed by atoms with van der Waals surface area (Å²) in [6.07, 6.45) is 6.72. The summed E-state index contributed by atoms with van der Waals surface area (Å²) in [6.45, 7) is 4.67. The van der Waals surface area contributed by atoms with Crippen LogP contribution in [0.1, 0.15) is 53.1 Å². The Labute approximate surface area is 319 Å². The standard InChI is InChI=1S/C52H36N2O/c1-52(2)42-20-7-5-17-40(42)49-48-43(52)21-11-22-44(48)53-51(54-49)33-14-9-13-32(28-33)46-37-27-25-31(29-41(37)38-26-24-30-12-3-4-15-34(30)47(38)46)35-18-10-19-39-36-16-6-8-23-45(36)55-50(35)39/h3-29,44,46H,1-2H3,(H,53,54). The van der Waals surface area contributed by atoms with Gasteiger partial charge in [-0.2, -0.15) is 0 Å². The van der Waals surface area contributed by atoms with Gasteiger partial charge >= 0.3 is 0 Å². The van der Waals surface area contributed by atoms with E-state index < -0.39 is 0 Å². The molecule has 2 unspecified atom stereocenters. The summed E-state index contributed by atoms with van der Waals surface area (Å²) in [6, 6.07) is 53.2. The van der Waals surface area contributed by atoms with Crippen LogP contribution in [0.4, 0.5) is 0 Å². The van der Waals surface area contributed by atoms with Gasteiger partial charge in [0.15, 0.2) is 0 Å². The second-order valence-electron chi connectivity index (χ2n) is 15.9. The van der Waals surface area contributed by atoms with Crippen LogP contribution in [0.5, 0.6) is 0 Å². The highest BCUT2D eigenvalue weighted by molar-refractivity contribution is 6.10. The molecular formula is C52H36N2O. The average Bonchev–Trinajstić information content (AvgIpc) is 3.79. The van der Waals surface area contributed by atoms with E-state index in [0.717, 1.165) is 44.5 Å². The molecule has 1 aliphatic heterocycles. The van der Waals surface area contributed by atoms with Gasteiger partial charge in [0, 0.05) is 44.4 Å². The highest BCUT2D eigenvalue weighted by Crippen LogP contribution is 2.53. The summed E-state index contributed by atoms with van der Waals surface area (Å²) in [5.41, 5.74) is 18.1. The topological polar surface area (TPSA) is 37.5 Å². The van der Waals surface area contributed by atoms with E-state index in [-0.39, 0.29) is 17.4 Å². The van der Waals surface area contributed by atoms with Crippen LogP contribution in [0.3, 0.4) is 0 Å². The number of rotatable bonds is 3. The lowest BCUT2D eigenvalue weighted by atomic mass is 9.65. The molecule has 0 bridgehead atoms. The van der Waals surface area contributed by atoms with Gasteiger partial charge in [0.1, 0.15) is 17.0 Å². The quantitative estimate of drug-likeness (QED) is 0.199. The van der Waals surface area contributed by atoms with Gasteiger partial charge < -0.3 is 9.73 Å². The number of hydrogen-bond acceptors (Lipinski definition) is 3. The third-order valence-corrected chi connectivity index (χ3v) is 12.6. The minimum absolute atomic E-state index is 0.0333. The Morgan fingerprint density at radius 3 is 2.38 bits per heavy atom. The fraction of sp³-hybridized carbons (Fsp3) is 0.0962. The Morgan fingerprint density at radius 2 is 1.44 bits per heavy atom. The van der Waals surface area contributed by atoms with Gasteiger partial charge in [-0.1, -0.05) is 159 Å². The number of furan rings is 1. The first kappa shape index (κ1) is 30.7. The molecule has 0 spiro atoms. The monoisotopic (exact) mass is 704 g/mol. The largest absolute Gasteiger partial charge is 0.455 e. The van der Waals surface area contributed by atoms with Crippen molar-refractivity contribution in [3.8, 4) is 22.3 Å². The molecule has 0 saturated heterocycles. The second kappa shape index (κ2) is 11.2. The molecule has 2 heterocycles. The van der Waals surface area contributed by atoms with Crippen LogP contribution in [0, 0.1) is 0 Å². The molecule has 260 valence electrons. The number of para-hydroxylation sites is 2. The number of amidine groups is 1. The zero-order chi connectivity index (χ0) is 36.4. The summed E-state index contributed by atoms with van der Waals surface area (Å²) in [4.78, 5) is 5.40. The predicted octanol–water partition coefficient (Wildman–Crippen LogP) is 12.5. The SMILES string of the molecule is CC1(C)C2=CC=CC3N=C(c4cccc(C5c6ccc(-c7cccc8c7oc7ccccc78)cc6-c6ccc7ccccc7c65)c4)NC(=C23)c2ccccc21. The van der Waals surface area contributed by atoms with E-state index >= 15 is 0 Å². The molecule has 4 aliphatic rings. The Morgan fingerprint density at radius 1 is 0.636 bits per heavy atom. The van der Waals surface area contributed by atoms with E-state index in [4.69, 9.17) is 9.41 Å². The van der Waals surface area contributed by atoms with Gasteiger partial charge in [-0.05, 0) is 73.5 Å². The van der Waals surface area contributed by atoms with Crippen LogP contribution in [-0.2, 0) is 5.41 Å². The minimum Gasteiger partial charge on any atom is -0.455 e. The normalized spacial score (nSPS) is 18.7. The molecule has 1 N–H and O–H groups in total. The van der Waals surface area contributed by atoms with Gasteiger partial charge in [-0.15, -0.1) is 0 Å². The van der Waals surface area contributed by atoms with Crippen molar-refractivity contribution in [3.05, 3.63) is 208 Å². The van der Waals surface area contributed by atoms with Gasteiger partial charge in [0.2, 0.25) is 0 Å². The van der Waals surface area contributed by atoms with Crippen LogP contribution in [-0.4, -0.2) is 11.9 Å².